The molecule has 0 radical (unpaired) electrons. The standard InChI is InChI=1S/C15H18F3NO2/c1-2-21-13-7-3-11(4-8-13)14(20)9-19(12-5-6-12)10-15(16,17)18/h3-4,7-8,12H,2,5-6,9-10H2,1H3. The van der Waals surface area contributed by atoms with Crippen LogP contribution in [0.4, 0.5) is 13.2 Å². The van der Waals surface area contributed by atoms with E-state index in [2.05, 4.69) is 0 Å². The molecular weight excluding hydrogens is 283 g/mol. The molecule has 1 aliphatic rings. The smallest absolute Gasteiger partial charge is 0.401 e. The van der Waals surface area contributed by atoms with E-state index >= 15 is 0 Å². The molecule has 21 heavy (non-hydrogen) atoms. The van der Waals surface area contributed by atoms with Gasteiger partial charge in [-0.15, -0.1) is 0 Å². The molecule has 1 aromatic carbocycles. The van der Waals surface area contributed by atoms with Crippen molar-refractivity contribution in [2.24, 2.45) is 0 Å². The number of benzene rings is 1. The minimum absolute atomic E-state index is 0.113. The van der Waals surface area contributed by atoms with Gasteiger partial charge in [0.2, 0.25) is 0 Å². The summed E-state index contributed by atoms with van der Waals surface area (Å²) < 4.78 is 42.8. The van der Waals surface area contributed by atoms with Gasteiger partial charge in [0, 0.05) is 11.6 Å². The lowest BCUT2D eigenvalue weighted by Crippen LogP contribution is -2.39. The van der Waals surface area contributed by atoms with Gasteiger partial charge < -0.3 is 4.74 Å². The van der Waals surface area contributed by atoms with Crippen LogP contribution in [0.3, 0.4) is 0 Å². The number of ketones is 1. The Morgan fingerprint density at radius 1 is 1.29 bits per heavy atom. The number of carbonyl (C=O) groups is 1. The molecule has 2 rings (SSSR count). The summed E-state index contributed by atoms with van der Waals surface area (Å²) in [6.07, 6.45) is -2.82. The zero-order valence-corrected chi connectivity index (χ0v) is 11.8. The van der Waals surface area contributed by atoms with E-state index in [1.165, 1.54) is 4.90 Å². The second kappa shape index (κ2) is 6.47. The lowest BCUT2D eigenvalue weighted by molar-refractivity contribution is -0.145. The first-order chi connectivity index (χ1) is 9.89. The van der Waals surface area contributed by atoms with Crippen molar-refractivity contribution in [3.63, 3.8) is 0 Å². The van der Waals surface area contributed by atoms with Crippen LogP contribution in [0.5, 0.6) is 5.75 Å². The number of nitrogens with zero attached hydrogens (tertiary/aromatic N) is 1. The van der Waals surface area contributed by atoms with Crippen LogP contribution in [0.25, 0.3) is 0 Å². The van der Waals surface area contributed by atoms with Crippen LogP contribution in [0.15, 0.2) is 24.3 Å². The van der Waals surface area contributed by atoms with Crippen molar-refractivity contribution in [1.29, 1.82) is 0 Å². The topological polar surface area (TPSA) is 29.5 Å². The molecule has 6 heteroatoms. The Hall–Kier alpha value is -1.56. The molecule has 0 unspecified atom stereocenters. The summed E-state index contributed by atoms with van der Waals surface area (Å²) in [5.74, 6) is 0.345. The van der Waals surface area contributed by atoms with Crippen molar-refractivity contribution < 1.29 is 22.7 Å². The lowest BCUT2D eigenvalue weighted by Gasteiger charge is -2.22. The normalized spacial score (nSPS) is 15.3. The Labute approximate surface area is 121 Å². The van der Waals surface area contributed by atoms with Crippen molar-refractivity contribution >= 4 is 5.78 Å². The number of Topliss-reactive ketones (excluding diaryl/α,β-unsaturated/α-hetero) is 1. The second-order valence-corrected chi connectivity index (χ2v) is 5.13. The third-order valence-corrected chi connectivity index (χ3v) is 3.28. The van der Waals surface area contributed by atoms with Gasteiger partial charge >= 0.3 is 6.18 Å². The summed E-state index contributed by atoms with van der Waals surface area (Å²) in [6, 6.07) is 6.38. The first kappa shape index (κ1) is 15.8. The Bertz CT molecular complexity index is 481. The third kappa shape index (κ3) is 5.04. The zero-order chi connectivity index (χ0) is 15.5. The third-order valence-electron chi connectivity index (χ3n) is 3.28. The number of carbonyl (C=O) groups excluding carboxylic acids is 1. The van der Waals surface area contributed by atoms with E-state index in [9.17, 15) is 18.0 Å². The van der Waals surface area contributed by atoms with E-state index < -0.39 is 12.7 Å². The summed E-state index contributed by atoms with van der Waals surface area (Å²) in [5.41, 5.74) is 0.409. The Balaban J connectivity index is 1.98. The minimum atomic E-state index is -4.28. The molecule has 0 spiro atoms. The number of rotatable bonds is 7. The van der Waals surface area contributed by atoms with E-state index in [4.69, 9.17) is 4.74 Å². The molecule has 0 amide bonds. The van der Waals surface area contributed by atoms with Gasteiger partial charge in [0.05, 0.1) is 19.7 Å². The fraction of sp³-hybridized carbons (Fsp3) is 0.533. The van der Waals surface area contributed by atoms with Crippen LogP contribution < -0.4 is 4.74 Å². The lowest BCUT2D eigenvalue weighted by atomic mass is 10.1. The molecule has 0 saturated heterocycles. The molecular formula is C15H18F3NO2. The maximum atomic E-state index is 12.5. The Kier molecular flexibility index (Phi) is 4.88. The van der Waals surface area contributed by atoms with Crippen molar-refractivity contribution in [1.82, 2.24) is 4.90 Å². The van der Waals surface area contributed by atoms with Gasteiger partial charge in [-0.3, -0.25) is 9.69 Å². The molecule has 3 nitrogen and oxygen atoms in total. The highest BCUT2D eigenvalue weighted by molar-refractivity contribution is 5.97. The predicted octanol–water partition coefficient (Wildman–Crippen LogP) is 3.29. The molecule has 0 aromatic heterocycles. The molecule has 0 heterocycles. The first-order valence-corrected chi connectivity index (χ1v) is 6.96. The maximum Gasteiger partial charge on any atom is 0.401 e. The van der Waals surface area contributed by atoms with Crippen molar-refractivity contribution in [2.45, 2.75) is 32.0 Å². The number of ether oxygens (including phenoxy) is 1. The van der Waals surface area contributed by atoms with E-state index in [1.807, 2.05) is 6.92 Å². The molecule has 0 N–H and O–H groups in total. The van der Waals surface area contributed by atoms with Crippen LogP contribution in [-0.2, 0) is 0 Å². The number of alkyl halides is 3. The number of hydrogen-bond acceptors (Lipinski definition) is 3. The summed E-state index contributed by atoms with van der Waals surface area (Å²) in [4.78, 5) is 13.3. The molecule has 1 fully saturated rings. The first-order valence-electron chi connectivity index (χ1n) is 6.96. The Morgan fingerprint density at radius 3 is 2.38 bits per heavy atom. The highest BCUT2D eigenvalue weighted by atomic mass is 19.4. The van der Waals surface area contributed by atoms with Gasteiger partial charge in [-0.2, -0.15) is 13.2 Å². The number of hydrogen-bond donors (Lipinski definition) is 0. The molecule has 0 aliphatic heterocycles. The van der Waals surface area contributed by atoms with Crippen LogP contribution in [0.2, 0.25) is 0 Å². The van der Waals surface area contributed by atoms with Crippen molar-refractivity contribution in [3.8, 4) is 5.75 Å². The zero-order valence-electron chi connectivity index (χ0n) is 11.8. The Morgan fingerprint density at radius 2 is 1.90 bits per heavy atom. The summed E-state index contributed by atoms with van der Waals surface area (Å²) in [6.45, 7) is 1.15. The summed E-state index contributed by atoms with van der Waals surface area (Å²) in [5, 5.41) is 0. The minimum Gasteiger partial charge on any atom is -0.494 e. The molecule has 1 aliphatic carbocycles. The fourth-order valence-electron chi connectivity index (χ4n) is 2.16. The van der Waals surface area contributed by atoms with Crippen LogP contribution in [0.1, 0.15) is 30.1 Å². The van der Waals surface area contributed by atoms with E-state index in [0.29, 0.717) is 17.9 Å². The van der Waals surface area contributed by atoms with E-state index in [1.54, 1.807) is 24.3 Å². The largest absolute Gasteiger partial charge is 0.494 e. The van der Waals surface area contributed by atoms with Crippen LogP contribution in [0, 0.1) is 0 Å². The molecule has 1 saturated carbocycles. The SMILES string of the molecule is CCOc1ccc(C(=O)CN(CC(F)(F)F)C2CC2)cc1. The summed E-state index contributed by atoms with van der Waals surface area (Å²) >= 11 is 0. The maximum absolute atomic E-state index is 12.5. The van der Waals surface area contributed by atoms with E-state index in [0.717, 1.165) is 12.8 Å². The molecule has 0 bridgehead atoms. The van der Waals surface area contributed by atoms with Gasteiger partial charge in [-0.05, 0) is 44.0 Å². The van der Waals surface area contributed by atoms with Crippen molar-refractivity contribution in [3.05, 3.63) is 29.8 Å². The second-order valence-electron chi connectivity index (χ2n) is 5.13. The van der Waals surface area contributed by atoms with Gasteiger partial charge in [0.1, 0.15) is 5.75 Å². The monoisotopic (exact) mass is 301 g/mol. The van der Waals surface area contributed by atoms with Crippen LogP contribution in [-0.4, -0.2) is 42.6 Å². The summed E-state index contributed by atoms with van der Waals surface area (Å²) in [7, 11) is 0. The van der Waals surface area contributed by atoms with Gasteiger partial charge in [-0.25, -0.2) is 0 Å². The average molecular weight is 301 g/mol. The molecule has 0 atom stereocenters. The predicted molar refractivity (Wildman–Crippen MR) is 72.6 cm³/mol. The van der Waals surface area contributed by atoms with E-state index in [-0.39, 0.29) is 18.4 Å². The fourth-order valence-corrected chi connectivity index (χ4v) is 2.16. The highest BCUT2D eigenvalue weighted by Gasteiger charge is 2.38. The van der Waals surface area contributed by atoms with Crippen molar-refractivity contribution in [2.75, 3.05) is 19.7 Å². The molecule has 116 valence electrons. The van der Waals surface area contributed by atoms with Gasteiger partial charge in [0.15, 0.2) is 5.78 Å². The van der Waals surface area contributed by atoms with Crippen LogP contribution >= 0.6 is 0 Å². The number of halogens is 3. The highest BCUT2D eigenvalue weighted by Crippen LogP contribution is 2.30. The molecule has 1 aromatic rings. The quantitative estimate of drug-likeness (QED) is 0.724. The van der Waals surface area contributed by atoms with Gasteiger partial charge in [-0.1, -0.05) is 0 Å². The average Bonchev–Trinajstić information content (AvgIpc) is 3.22. The van der Waals surface area contributed by atoms with Gasteiger partial charge in [0.25, 0.3) is 0 Å².